The molecule has 162 valence electrons. The number of ether oxygens (including phenoxy) is 1. The second kappa shape index (κ2) is 9.15. The number of alkyl halides is 3. The van der Waals surface area contributed by atoms with E-state index in [4.69, 9.17) is 4.74 Å². The Morgan fingerprint density at radius 2 is 1.47 bits per heavy atom. The third-order valence-electron chi connectivity index (χ3n) is 3.84. The first-order chi connectivity index (χ1) is 13.9. The predicted octanol–water partition coefficient (Wildman–Crippen LogP) is 4.77. The van der Waals surface area contributed by atoms with E-state index in [0.29, 0.717) is 11.1 Å². The molecule has 0 aliphatic rings. The lowest BCUT2D eigenvalue weighted by Crippen LogP contribution is -2.38. The summed E-state index contributed by atoms with van der Waals surface area (Å²) < 4.78 is 57.2. The smallest absolute Gasteiger partial charge is 0.416 e. The number of nitrogens with one attached hydrogen (secondary N) is 2. The largest absolute Gasteiger partial charge is 0.444 e. The average Bonchev–Trinajstić information content (AvgIpc) is 2.63. The Labute approximate surface area is 171 Å². The van der Waals surface area contributed by atoms with Gasteiger partial charge in [0, 0.05) is 13.1 Å². The van der Waals surface area contributed by atoms with Crippen LogP contribution >= 0.6 is 0 Å². The molecule has 9 heteroatoms. The van der Waals surface area contributed by atoms with E-state index >= 15 is 0 Å². The maximum atomic E-state index is 14.1. The Morgan fingerprint density at radius 1 is 0.900 bits per heavy atom. The van der Waals surface area contributed by atoms with Crippen molar-refractivity contribution in [3.63, 3.8) is 0 Å². The highest BCUT2D eigenvalue weighted by Gasteiger charge is 2.30. The third kappa shape index (κ3) is 6.75. The van der Waals surface area contributed by atoms with Crippen molar-refractivity contribution in [3.05, 3.63) is 59.4 Å². The van der Waals surface area contributed by atoms with E-state index in [1.807, 2.05) is 0 Å². The van der Waals surface area contributed by atoms with E-state index in [-0.39, 0.29) is 18.7 Å². The summed E-state index contributed by atoms with van der Waals surface area (Å²) in [6, 6.07) is 8.04. The minimum Gasteiger partial charge on any atom is -0.444 e. The fourth-order valence-corrected chi connectivity index (χ4v) is 2.48. The van der Waals surface area contributed by atoms with Crippen molar-refractivity contribution in [1.82, 2.24) is 10.6 Å². The SMILES string of the molecule is CC(C)(C)OC(=O)NCCNC(=O)c1cc(-c2ccc(C(F)(F)F)cc2)ccc1F. The molecule has 0 atom stereocenters. The van der Waals surface area contributed by atoms with Gasteiger partial charge in [0.05, 0.1) is 11.1 Å². The summed E-state index contributed by atoms with van der Waals surface area (Å²) in [6.45, 7) is 5.23. The lowest BCUT2D eigenvalue weighted by atomic mass is 10.0. The number of benzene rings is 2. The number of amides is 2. The Bertz CT molecular complexity index is 904. The minimum atomic E-state index is -4.46. The zero-order valence-corrected chi connectivity index (χ0v) is 16.7. The van der Waals surface area contributed by atoms with Crippen molar-refractivity contribution in [2.75, 3.05) is 13.1 Å². The van der Waals surface area contributed by atoms with Gasteiger partial charge in [0.1, 0.15) is 11.4 Å². The van der Waals surface area contributed by atoms with Gasteiger partial charge in [-0.2, -0.15) is 13.2 Å². The van der Waals surface area contributed by atoms with Gasteiger partial charge in [-0.3, -0.25) is 4.79 Å². The summed E-state index contributed by atoms with van der Waals surface area (Å²) in [4.78, 5) is 23.8. The topological polar surface area (TPSA) is 67.4 Å². The van der Waals surface area contributed by atoms with E-state index in [1.54, 1.807) is 20.8 Å². The van der Waals surface area contributed by atoms with Crippen LogP contribution in [0.2, 0.25) is 0 Å². The summed E-state index contributed by atoms with van der Waals surface area (Å²) in [5.41, 5.74) is -0.922. The number of carbonyl (C=O) groups is 2. The highest BCUT2D eigenvalue weighted by molar-refractivity contribution is 5.95. The van der Waals surface area contributed by atoms with Gasteiger partial charge in [-0.05, 0) is 56.2 Å². The molecule has 2 aromatic rings. The number of hydrogen-bond acceptors (Lipinski definition) is 3. The van der Waals surface area contributed by atoms with Crippen LogP contribution in [-0.2, 0) is 10.9 Å². The van der Waals surface area contributed by atoms with Crippen molar-refractivity contribution in [2.24, 2.45) is 0 Å². The summed E-state index contributed by atoms with van der Waals surface area (Å²) >= 11 is 0. The molecule has 2 amide bonds. The Balaban J connectivity index is 2.01. The Kier molecular flexibility index (Phi) is 7.07. The van der Waals surface area contributed by atoms with Gasteiger partial charge >= 0.3 is 12.3 Å². The minimum absolute atomic E-state index is 0.0298. The Hall–Kier alpha value is -3.10. The maximum absolute atomic E-state index is 14.1. The molecule has 2 N–H and O–H groups in total. The second-order valence-corrected chi connectivity index (χ2v) is 7.45. The predicted molar refractivity (Wildman–Crippen MR) is 103 cm³/mol. The molecule has 2 rings (SSSR count). The molecule has 0 aliphatic heterocycles. The Morgan fingerprint density at radius 3 is 2.03 bits per heavy atom. The molecule has 0 radical (unpaired) electrons. The zero-order valence-electron chi connectivity index (χ0n) is 16.7. The maximum Gasteiger partial charge on any atom is 0.416 e. The number of hydrogen-bond donors (Lipinski definition) is 2. The van der Waals surface area contributed by atoms with Crippen LogP contribution in [0.3, 0.4) is 0 Å². The first-order valence-corrected chi connectivity index (χ1v) is 9.09. The lowest BCUT2D eigenvalue weighted by molar-refractivity contribution is -0.137. The number of halogens is 4. The van der Waals surface area contributed by atoms with Gasteiger partial charge in [-0.25, -0.2) is 9.18 Å². The molecular formula is C21H22F4N2O3. The van der Waals surface area contributed by atoms with Crippen LogP contribution in [0.5, 0.6) is 0 Å². The van der Waals surface area contributed by atoms with Gasteiger partial charge in [0.25, 0.3) is 5.91 Å². The van der Waals surface area contributed by atoms with Crippen LogP contribution in [-0.4, -0.2) is 30.7 Å². The van der Waals surface area contributed by atoms with E-state index in [1.165, 1.54) is 24.3 Å². The van der Waals surface area contributed by atoms with E-state index in [9.17, 15) is 27.2 Å². The summed E-state index contributed by atoms with van der Waals surface area (Å²) in [7, 11) is 0. The number of carbonyl (C=O) groups excluding carboxylic acids is 2. The van der Waals surface area contributed by atoms with Crippen LogP contribution in [0, 0.1) is 5.82 Å². The molecule has 0 fully saturated rings. The number of alkyl carbamates (subject to hydrolysis) is 1. The van der Waals surface area contributed by atoms with Crippen molar-refractivity contribution in [1.29, 1.82) is 0 Å². The quantitative estimate of drug-likeness (QED) is 0.535. The van der Waals surface area contributed by atoms with Gasteiger partial charge in [-0.1, -0.05) is 18.2 Å². The fourth-order valence-electron chi connectivity index (χ4n) is 2.48. The van der Waals surface area contributed by atoms with Crippen LogP contribution in [0.25, 0.3) is 11.1 Å². The van der Waals surface area contributed by atoms with Gasteiger partial charge in [0.15, 0.2) is 0 Å². The molecule has 2 aromatic carbocycles. The molecule has 0 heterocycles. The molecule has 0 aromatic heterocycles. The standard InChI is InChI=1S/C21H22F4N2O3/c1-20(2,3)30-19(29)27-11-10-26-18(28)16-12-14(6-9-17(16)22)13-4-7-15(8-5-13)21(23,24)25/h4-9,12H,10-11H2,1-3H3,(H,26,28)(H,27,29). The molecule has 30 heavy (non-hydrogen) atoms. The van der Waals surface area contributed by atoms with Gasteiger partial charge in [-0.15, -0.1) is 0 Å². The molecule has 0 bridgehead atoms. The second-order valence-electron chi connectivity index (χ2n) is 7.45. The van der Waals surface area contributed by atoms with E-state index < -0.39 is 35.2 Å². The van der Waals surface area contributed by atoms with Crippen LogP contribution in [0.1, 0.15) is 36.7 Å². The monoisotopic (exact) mass is 426 g/mol. The van der Waals surface area contributed by atoms with Crippen LogP contribution in [0.4, 0.5) is 22.4 Å². The van der Waals surface area contributed by atoms with Crippen molar-refractivity contribution in [2.45, 2.75) is 32.5 Å². The highest BCUT2D eigenvalue weighted by atomic mass is 19.4. The molecule has 0 aliphatic carbocycles. The molecule has 5 nitrogen and oxygen atoms in total. The van der Waals surface area contributed by atoms with E-state index in [0.717, 1.165) is 18.2 Å². The van der Waals surface area contributed by atoms with Gasteiger partial charge < -0.3 is 15.4 Å². The summed E-state index contributed by atoms with van der Waals surface area (Å²) in [5, 5.41) is 4.92. The highest BCUT2D eigenvalue weighted by Crippen LogP contribution is 2.31. The van der Waals surface area contributed by atoms with Gasteiger partial charge in [0.2, 0.25) is 0 Å². The first kappa shape index (κ1) is 23.2. The molecule has 0 spiro atoms. The van der Waals surface area contributed by atoms with E-state index in [2.05, 4.69) is 10.6 Å². The first-order valence-electron chi connectivity index (χ1n) is 9.09. The lowest BCUT2D eigenvalue weighted by Gasteiger charge is -2.19. The zero-order chi connectivity index (χ0) is 22.5. The summed E-state index contributed by atoms with van der Waals surface area (Å²) in [5.74, 6) is -1.49. The average molecular weight is 426 g/mol. The normalized spacial score (nSPS) is 11.7. The molecule has 0 unspecified atom stereocenters. The van der Waals surface area contributed by atoms with Crippen molar-refractivity contribution >= 4 is 12.0 Å². The third-order valence-corrected chi connectivity index (χ3v) is 3.84. The van der Waals surface area contributed by atoms with Crippen LogP contribution in [0.15, 0.2) is 42.5 Å². The van der Waals surface area contributed by atoms with Crippen molar-refractivity contribution in [3.8, 4) is 11.1 Å². The van der Waals surface area contributed by atoms with Crippen molar-refractivity contribution < 1.29 is 31.9 Å². The number of rotatable bonds is 5. The molecule has 0 saturated carbocycles. The molecule has 0 saturated heterocycles. The van der Waals surface area contributed by atoms with Crippen LogP contribution < -0.4 is 10.6 Å². The molecular weight excluding hydrogens is 404 g/mol. The summed E-state index contributed by atoms with van der Waals surface area (Å²) in [6.07, 6.45) is -5.10. The fraction of sp³-hybridized carbons (Fsp3) is 0.333.